The lowest BCUT2D eigenvalue weighted by atomic mass is 9.97. The molecule has 0 bridgehead atoms. The standard InChI is InChI=1S/C16H22O2/c1-2-6-16(13-9-11-14(17)12-10-13)18-15-7-4-3-5-8-15/h6,9-12,15,17H,2-5,7-8H2,1H3. The van der Waals surface area contributed by atoms with Crippen molar-refractivity contribution in [3.05, 3.63) is 35.9 Å². The van der Waals surface area contributed by atoms with E-state index in [2.05, 4.69) is 13.0 Å². The van der Waals surface area contributed by atoms with Gasteiger partial charge in [0.15, 0.2) is 0 Å². The molecule has 0 amide bonds. The van der Waals surface area contributed by atoms with Crippen molar-refractivity contribution >= 4 is 5.76 Å². The largest absolute Gasteiger partial charge is 0.508 e. The highest BCUT2D eigenvalue weighted by atomic mass is 16.5. The molecule has 98 valence electrons. The van der Waals surface area contributed by atoms with Crippen LogP contribution < -0.4 is 0 Å². The number of ether oxygens (including phenoxy) is 1. The van der Waals surface area contributed by atoms with Gasteiger partial charge in [0.25, 0.3) is 0 Å². The van der Waals surface area contributed by atoms with Gasteiger partial charge in [-0.15, -0.1) is 0 Å². The highest BCUT2D eigenvalue weighted by Crippen LogP contribution is 2.27. The van der Waals surface area contributed by atoms with Gasteiger partial charge in [0.1, 0.15) is 11.5 Å². The van der Waals surface area contributed by atoms with Gasteiger partial charge in [-0.1, -0.05) is 13.3 Å². The summed E-state index contributed by atoms with van der Waals surface area (Å²) in [6.07, 6.45) is 9.68. The third kappa shape index (κ3) is 3.52. The fourth-order valence-corrected chi connectivity index (χ4v) is 2.41. The van der Waals surface area contributed by atoms with Crippen molar-refractivity contribution in [3.8, 4) is 5.75 Å². The van der Waals surface area contributed by atoms with Crippen LogP contribution in [0.3, 0.4) is 0 Å². The molecule has 0 aliphatic heterocycles. The normalized spacial score (nSPS) is 17.7. The smallest absolute Gasteiger partial charge is 0.122 e. The van der Waals surface area contributed by atoms with E-state index in [0.717, 1.165) is 17.7 Å². The Morgan fingerprint density at radius 1 is 1.22 bits per heavy atom. The van der Waals surface area contributed by atoms with Crippen molar-refractivity contribution in [2.45, 2.75) is 51.6 Å². The number of benzene rings is 1. The number of phenolic OH excluding ortho intramolecular Hbond substituents is 1. The molecule has 2 nitrogen and oxygen atoms in total. The van der Waals surface area contributed by atoms with Gasteiger partial charge in [-0.2, -0.15) is 0 Å². The van der Waals surface area contributed by atoms with Crippen molar-refractivity contribution < 1.29 is 9.84 Å². The summed E-state index contributed by atoms with van der Waals surface area (Å²) in [5, 5.41) is 9.33. The Labute approximate surface area is 109 Å². The van der Waals surface area contributed by atoms with Gasteiger partial charge in [-0.3, -0.25) is 0 Å². The van der Waals surface area contributed by atoms with E-state index in [0.29, 0.717) is 11.9 Å². The van der Waals surface area contributed by atoms with Gasteiger partial charge in [0.2, 0.25) is 0 Å². The predicted octanol–water partition coefficient (Wildman–Crippen LogP) is 4.49. The van der Waals surface area contributed by atoms with Gasteiger partial charge in [-0.05, 0) is 62.4 Å². The number of allylic oxidation sites excluding steroid dienone is 1. The summed E-state index contributed by atoms with van der Waals surface area (Å²) in [5.74, 6) is 1.26. The first-order valence-electron chi connectivity index (χ1n) is 6.96. The molecule has 0 saturated heterocycles. The summed E-state index contributed by atoms with van der Waals surface area (Å²) in [5.41, 5.74) is 1.06. The SMILES string of the molecule is CCC=C(OC1CCCCC1)c1ccc(O)cc1. The van der Waals surface area contributed by atoms with Crippen molar-refractivity contribution in [1.29, 1.82) is 0 Å². The van der Waals surface area contributed by atoms with Crippen molar-refractivity contribution in [3.63, 3.8) is 0 Å². The highest BCUT2D eigenvalue weighted by Gasteiger charge is 2.16. The summed E-state index contributed by atoms with van der Waals surface area (Å²) in [7, 11) is 0. The maximum atomic E-state index is 9.33. The Hall–Kier alpha value is -1.44. The van der Waals surface area contributed by atoms with Gasteiger partial charge >= 0.3 is 0 Å². The third-order valence-corrected chi connectivity index (χ3v) is 3.39. The molecular formula is C16H22O2. The number of phenols is 1. The van der Waals surface area contributed by atoms with Crippen LogP contribution in [0.2, 0.25) is 0 Å². The van der Waals surface area contributed by atoms with Crippen LogP contribution in [-0.4, -0.2) is 11.2 Å². The van der Waals surface area contributed by atoms with Gasteiger partial charge < -0.3 is 9.84 Å². The Morgan fingerprint density at radius 3 is 2.50 bits per heavy atom. The van der Waals surface area contributed by atoms with Gasteiger partial charge in [0.05, 0.1) is 6.10 Å². The number of hydrogen-bond acceptors (Lipinski definition) is 2. The minimum Gasteiger partial charge on any atom is -0.508 e. The maximum absolute atomic E-state index is 9.33. The van der Waals surface area contributed by atoms with Crippen molar-refractivity contribution in [2.24, 2.45) is 0 Å². The molecule has 1 aromatic carbocycles. The molecule has 18 heavy (non-hydrogen) atoms. The van der Waals surface area contributed by atoms with Crippen LogP contribution in [0.15, 0.2) is 30.3 Å². The zero-order valence-electron chi connectivity index (χ0n) is 11.1. The molecule has 1 aliphatic carbocycles. The molecule has 0 heterocycles. The molecule has 2 rings (SSSR count). The van der Waals surface area contributed by atoms with Crippen LogP contribution in [0, 0.1) is 0 Å². The second-order valence-corrected chi connectivity index (χ2v) is 4.90. The molecule has 1 aromatic rings. The lowest BCUT2D eigenvalue weighted by Gasteiger charge is -2.24. The van der Waals surface area contributed by atoms with Crippen LogP contribution in [0.5, 0.6) is 5.75 Å². The first-order valence-corrected chi connectivity index (χ1v) is 6.96. The van der Waals surface area contributed by atoms with Gasteiger partial charge in [0, 0.05) is 5.56 Å². The molecule has 0 spiro atoms. The number of aromatic hydroxyl groups is 1. The molecule has 0 radical (unpaired) electrons. The predicted molar refractivity (Wildman–Crippen MR) is 74.3 cm³/mol. The molecule has 1 aliphatic rings. The Balaban J connectivity index is 2.08. The average molecular weight is 246 g/mol. The second kappa shape index (κ2) is 6.48. The minimum atomic E-state index is 0.298. The zero-order chi connectivity index (χ0) is 12.8. The summed E-state index contributed by atoms with van der Waals surface area (Å²) < 4.78 is 6.14. The Bertz CT molecular complexity index is 386. The topological polar surface area (TPSA) is 29.5 Å². The summed E-state index contributed by atoms with van der Waals surface area (Å²) in [4.78, 5) is 0. The van der Waals surface area contributed by atoms with E-state index in [1.54, 1.807) is 12.1 Å². The van der Waals surface area contributed by atoms with Crippen LogP contribution in [0.25, 0.3) is 5.76 Å². The Morgan fingerprint density at radius 2 is 1.89 bits per heavy atom. The number of hydrogen-bond donors (Lipinski definition) is 1. The molecule has 0 unspecified atom stereocenters. The lowest BCUT2D eigenvalue weighted by Crippen LogP contribution is -2.15. The number of rotatable bonds is 4. The summed E-state index contributed by atoms with van der Waals surface area (Å²) in [6.45, 7) is 2.12. The maximum Gasteiger partial charge on any atom is 0.122 e. The van der Waals surface area contributed by atoms with E-state index >= 15 is 0 Å². The van der Waals surface area contributed by atoms with Crippen LogP contribution in [0.1, 0.15) is 51.0 Å². The van der Waals surface area contributed by atoms with E-state index < -0.39 is 0 Å². The van der Waals surface area contributed by atoms with E-state index in [-0.39, 0.29) is 0 Å². The first-order chi connectivity index (χ1) is 8.79. The molecule has 1 N–H and O–H groups in total. The van der Waals surface area contributed by atoms with Crippen LogP contribution in [0.4, 0.5) is 0 Å². The molecule has 0 atom stereocenters. The Kier molecular flexibility index (Phi) is 4.68. The monoisotopic (exact) mass is 246 g/mol. The van der Waals surface area contributed by atoms with Crippen LogP contribution >= 0.6 is 0 Å². The molecule has 1 saturated carbocycles. The van der Waals surface area contributed by atoms with Crippen molar-refractivity contribution in [1.82, 2.24) is 0 Å². The average Bonchev–Trinajstić information content (AvgIpc) is 2.40. The van der Waals surface area contributed by atoms with Gasteiger partial charge in [-0.25, -0.2) is 0 Å². The van der Waals surface area contributed by atoms with Crippen molar-refractivity contribution in [2.75, 3.05) is 0 Å². The second-order valence-electron chi connectivity index (χ2n) is 4.90. The lowest BCUT2D eigenvalue weighted by molar-refractivity contribution is 0.124. The quantitative estimate of drug-likeness (QED) is 0.793. The van der Waals surface area contributed by atoms with E-state index in [4.69, 9.17) is 4.74 Å². The molecule has 1 fully saturated rings. The minimum absolute atomic E-state index is 0.298. The zero-order valence-corrected chi connectivity index (χ0v) is 11.1. The molecule has 2 heteroatoms. The molecule has 0 aromatic heterocycles. The highest BCUT2D eigenvalue weighted by molar-refractivity contribution is 5.60. The van der Waals surface area contributed by atoms with E-state index in [1.165, 1.54) is 32.1 Å². The molecular weight excluding hydrogens is 224 g/mol. The fraction of sp³-hybridized carbons (Fsp3) is 0.500. The van der Waals surface area contributed by atoms with E-state index in [1.807, 2.05) is 12.1 Å². The first kappa shape index (κ1) is 13.0. The third-order valence-electron chi connectivity index (χ3n) is 3.39. The summed E-state index contributed by atoms with van der Waals surface area (Å²) in [6, 6.07) is 7.26. The van der Waals surface area contributed by atoms with Crippen LogP contribution in [-0.2, 0) is 4.74 Å². The van der Waals surface area contributed by atoms with E-state index in [9.17, 15) is 5.11 Å². The fourth-order valence-electron chi connectivity index (χ4n) is 2.41. The summed E-state index contributed by atoms with van der Waals surface area (Å²) >= 11 is 0.